The van der Waals surface area contributed by atoms with Crippen LogP contribution in [0.4, 0.5) is 5.82 Å². The van der Waals surface area contributed by atoms with Crippen molar-refractivity contribution < 1.29 is 4.74 Å². The van der Waals surface area contributed by atoms with Gasteiger partial charge in [-0.25, -0.2) is 10.8 Å². The van der Waals surface area contributed by atoms with E-state index in [9.17, 15) is 0 Å². The summed E-state index contributed by atoms with van der Waals surface area (Å²) in [6.45, 7) is 7.48. The van der Waals surface area contributed by atoms with Crippen LogP contribution in [0.1, 0.15) is 22.8 Å². The van der Waals surface area contributed by atoms with Crippen LogP contribution in [-0.2, 0) is 7.05 Å². The van der Waals surface area contributed by atoms with Crippen molar-refractivity contribution in [2.24, 2.45) is 12.9 Å². The van der Waals surface area contributed by atoms with Crippen molar-refractivity contribution >= 4 is 5.82 Å². The molecule has 0 atom stereocenters. The minimum Gasteiger partial charge on any atom is -0.435 e. The quantitative estimate of drug-likeness (QED) is 0.643. The van der Waals surface area contributed by atoms with Gasteiger partial charge < -0.3 is 10.2 Å². The number of hydrogen-bond donors (Lipinski definition) is 2. The Labute approximate surface area is 111 Å². The Kier molecular flexibility index (Phi) is 3.39. The van der Waals surface area contributed by atoms with Gasteiger partial charge in [-0.3, -0.25) is 4.68 Å². The second-order valence-electron chi connectivity index (χ2n) is 4.42. The fourth-order valence-electron chi connectivity index (χ4n) is 1.84. The number of nitrogen functional groups attached to an aromatic ring is 1. The molecule has 0 aromatic carbocycles. The van der Waals surface area contributed by atoms with Crippen LogP contribution < -0.4 is 16.0 Å². The van der Waals surface area contributed by atoms with Crippen molar-refractivity contribution in [3.8, 4) is 11.6 Å². The summed E-state index contributed by atoms with van der Waals surface area (Å²) in [7, 11) is 1.88. The average Bonchev–Trinajstić information content (AvgIpc) is 2.60. The molecule has 0 spiro atoms. The maximum atomic E-state index is 5.88. The van der Waals surface area contributed by atoms with Gasteiger partial charge in [-0.05, 0) is 27.7 Å². The number of ether oxygens (including phenoxy) is 1. The van der Waals surface area contributed by atoms with Gasteiger partial charge in [0.2, 0.25) is 5.88 Å². The molecule has 0 unspecified atom stereocenters. The van der Waals surface area contributed by atoms with Gasteiger partial charge in [0.1, 0.15) is 17.3 Å². The summed E-state index contributed by atoms with van der Waals surface area (Å²) >= 11 is 0. The van der Waals surface area contributed by atoms with Crippen LogP contribution in [0.15, 0.2) is 0 Å². The number of hydrazine groups is 1. The number of aryl methyl sites for hydroxylation is 3. The lowest BCUT2D eigenvalue weighted by Gasteiger charge is -2.11. The molecular formula is C12H18N6O. The van der Waals surface area contributed by atoms with E-state index in [0.29, 0.717) is 23.3 Å². The van der Waals surface area contributed by atoms with Gasteiger partial charge in [0, 0.05) is 7.05 Å². The van der Waals surface area contributed by atoms with Crippen LogP contribution in [0.25, 0.3) is 0 Å². The van der Waals surface area contributed by atoms with Gasteiger partial charge in [0.15, 0.2) is 5.75 Å². The largest absolute Gasteiger partial charge is 0.435 e. The molecule has 0 saturated heterocycles. The number of aromatic nitrogens is 4. The topological polar surface area (TPSA) is 90.9 Å². The summed E-state index contributed by atoms with van der Waals surface area (Å²) < 4.78 is 7.66. The summed E-state index contributed by atoms with van der Waals surface area (Å²) in [5.41, 5.74) is 5.06. The van der Waals surface area contributed by atoms with Gasteiger partial charge in [-0.2, -0.15) is 10.1 Å². The highest BCUT2D eigenvalue weighted by Crippen LogP contribution is 2.30. The molecule has 0 aliphatic heterocycles. The van der Waals surface area contributed by atoms with E-state index in [0.717, 1.165) is 17.0 Å². The van der Waals surface area contributed by atoms with Crippen LogP contribution in [-0.4, -0.2) is 19.7 Å². The molecule has 0 saturated carbocycles. The van der Waals surface area contributed by atoms with Crippen molar-refractivity contribution in [2.45, 2.75) is 27.7 Å². The Hall–Kier alpha value is -2.15. The molecule has 0 radical (unpaired) electrons. The molecule has 0 bridgehead atoms. The van der Waals surface area contributed by atoms with Crippen LogP contribution in [0.3, 0.4) is 0 Å². The fourth-order valence-corrected chi connectivity index (χ4v) is 1.84. The lowest BCUT2D eigenvalue weighted by molar-refractivity contribution is 0.448. The van der Waals surface area contributed by atoms with Crippen LogP contribution in [0, 0.1) is 27.7 Å². The Morgan fingerprint density at radius 1 is 1.16 bits per heavy atom. The van der Waals surface area contributed by atoms with E-state index in [1.165, 1.54) is 0 Å². The van der Waals surface area contributed by atoms with E-state index in [4.69, 9.17) is 10.6 Å². The monoisotopic (exact) mass is 262 g/mol. The van der Waals surface area contributed by atoms with Crippen molar-refractivity contribution in [3.63, 3.8) is 0 Å². The molecule has 0 aliphatic carbocycles. The number of hydrogen-bond acceptors (Lipinski definition) is 6. The maximum absolute atomic E-state index is 5.88. The van der Waals surface area contributed by atoms with Crippen LogP contribution in [0.5, 0.6) is 11.6 Å². The fraction of sp³-hybridized carbons (Fsp3) is 0.417. The third kappa shape index (κ3) is 2.37. The van der Waals surface area contributed by atoms with Crippen LogP contribution in [0.2, 0.25) is 0 Å². The number of nitrogens with two attached hydrogens (primary N) is 1. The van der Waals surface area contributed by atoms with Crippen molar-refractivity contribution in [2.75, 3.05) is 5.43 Å². The summed E-state index contributed by atoms with van der Waals surface area (Å²) in [4.78, 5) is 8.50. The highest BCUT2D eigenvalue weighted by Gasteiger charge is 2.16. The van der Waals surface area contributed by atoms with Gasteiger partial charge in [-0.1, -0.05) is 0 Å². The molecule has 7 heteroatoms. The van der Waals surface area contributed by atoms with Crippen LogP contribution >= 0.6 is 0 Å². The van der Waals surface area contributed by atoms with Crippen molar-refractivity contribution in [1.82, 2.24) is 19.7 Å². The number of anilines is 1. The molecule has 2 rings (SSSR count). The molecular weight excluding hydrogens is 244 g/mol. The molecule has 2 heterocycles. The number of rotatable bonds is 3. The first kappa shape index (κ1) is 13.3. The van der Waals surface area contributed by atoms with Crippen molar-refractivity contribution in [1.29, 1.82) is 0 Å². The van der Waals surface area contributed by atoms with Gasteiger partial charge >= 0.3 is 0 Å². The first-order valence-electron chi connectivity index (χ1n) is 5.94. The zero-order valence-electron chi connectivity index (χ0n) is 11.8. The van der Waals surface area contributed by atoms with E-state index < -0.39 is 0 Å². The molecule has 19 heavy (non-hydrogen) atoms. The van der Waals surface area contributed by atoms with E-state index in [-0.39, 0.29) is 0 Å². The summed E-state index contributed by atoms with van der Waals surface area (Å²) in [6.07, 6.45) is 0. The summed E-state index contributed by atoms with van der Waals surface area (Å²) in [5, 5.41) is 4.31. The molecule has 0 fully saturated rings. The second-order valence-corrected chi connectivity index (χ2v) is 4.42. The van der Waals surface area contributed by atoms with Crippen molar-refractivity contribution in [3.05, 3.63) is 22.8 Å². The predicted molar refractivity (Wildman–Crippen MR) is 72.1 cm³/mol. The molecule has 7 nitrogen and oxygen atoms in total. The smallest absolute Gasteiger partial charge is 0.227 e. The summed E-state index contributed by atoms with van der Waals surface area (Å²) in [6, 6.07) is 0. The zero-order valence-corrected chi connectivity index (χ0v) is 11.8. The number of nitrogens with zero attached hydrogens (tertiary/aromatic N) is 4. The first-order valence-corrected chi connectivity index (χ1v) is 5.94. The average molecular weight is 262 g/mol. The molecule has 3 N–H and O–H groups in total. The lowest BCUT2D eigenvalue weighted by Crippen LogP contribution is -2.12. The SMILES string of the molecule is Cc1nc(NN)c(C)c(Oc2c(C)nn(C)c2C)n1. The highest BCUT2D eigenvalue weighted by molar-refractivity contribution is 5.49. The van der Waals surface area contributed by atoms with E-state index in [1.807, 2.05) is 27.8 Å². The Bertz CT molecular complexity index is 619. The Morgan fingerprint density at radius 2 is 1.84 bits per heavy atom. The lowest BCUT2D eigenvalue weighted by atomic mass is 10.3. The molecule has 0 aliphatic rings. The van der Waals surface area contributed by atoms with E-state index >= 15 is 0 Å². The molecule has 102 valence electrons. The summed E-state index contributed by atoms with van der Waals surface area (Å²) in [5.74, 6) is 7.78. The maximum Gasteiger partial charge on any atom is 0.227 e. The second kappa shape index (κ2) is 4.85. The van der Waals surface area contributed by atoms with E-state index in [1.54, 1.807) is 11.6 Å². The van der Waals surface area contributed by atoms with Gasteiger partial charge in [0.25, 0.3) is 0 Å². The molecule has 0 amide bonds. The third-order valence-electron chi connectivity index (χ3n) is 2.99. The highest BCUT2D eigenvalue weighted by atomic mass is 16.5. The van der Waals surface area contributed by atoms with Gasteiger partial charge in [0.05, 0.1) is 11.3 Å². The molecule has 2 aromatic heterocycles. The standard InChI is InChI=1S/C12H18N6O/c1-6-11(16-13)14-9(4)15-12(6)19-10-7(2)17-18(5)8(10)3/h13H2,1-5H3,(H,14,15,16). The Morgan fingerprint density at radius 3 is 2.37 bits per heavy atom. The number of nitrogens with one attached hydrogen (secondary N) is 1. The minimum absolute atomic E-state index is 0.486. The minimum atomic E-state index is 0.486. The normalized spacial score (nSPS) is 10.6. The predicted octanol–water partition coefficient (Wildman–Crippen LogP) is 1.52. The third-order valence-corrected chi connectivity index (χ3v) is 2.99. The zero-order chi connectivity index (χ0) is 14.2. The van der Waals surface area contributed by atoms with E-state index in [2.05, 4.69) is 20.5 Å². The molecule has 2 aromatic rings. The van der Waals surface area contributed by atoms with Gasteiger partial charge in [-0.15, -0.1) is 0 Å². The Balaban J connectivity index is 2.46. The first-order chi connectivity index (χ1) is 8.93.